The van der Waals surface area contributed by atoms with E-state index in [4.69, 9.17) is 5.73 Å². The zero-order chi connectivity index (χ0) is 11.6. The lowest BCUT2D eigenvalue weighted by Gasteiger charge is -2.26. The summed E-state index contributed by atoms with van der Waals surface area (Å²) in [4.78, 5) is 11.5. The van der Waals surface area contributed by atoms with Crippen molar-refractivity contribution in [3.63, 3.8) is 0 Å². The van der Waals surface area contributed by atoms with E-state index in [0.717, 1.165) is 17.2 Å². The molecule has 0 saturated heterocycles. The van der Waals surface area contributed by atoms with Crippen LogP contribution in [-0.2, 0) is 4.79 Å². The molecule has 16 heavy (non-hydrogen) atoms. The fourth-order valence-electron chi connectivity index (χ4n) is 1.29. The van der Waals surface area contributed by atoms with Crippen LogP contribution < -0.4 is 11.1 Å². The van der Waals surface area contributed by atoms with Crippen LogP contribution in [0.5, 0.6) is 0 Å². The molecule has 0 bridgehead atoms. The maximum absolute atomic E-state index is 11.5. The minimum absolute atomic E-state index is 0.309. The van der Waals surface area contributed by atoms with Crippen molar-refractivity contribution >= 4 is 29.0 Å². The third kappa shape index (κ3) is 2.93. The molecule has 7 heteroatoms. The lowest BCUT2D eigenvalue weighted by Crippen LogP contribution is -2.55. The van der Waals surface area contributed by atoms with E-state index in [1.807, 2.05) is 6.92 Å². The first-order chi connectivity index (χ1) is 7.60. The second kappa shape index (κ2) is 4.68. The van der Waals surface area contributed by atoms with Gasteiger partial charge in [0.15, 0.2) is 4.34 Å². The van der Waals surface area contributed by atoms with Gasteiger partial charge in [-0.2, -0.15) is 0 Å². The van der Waals surface area contributed by atoms with Gasteiger partial charge in [-0.05, 0) is 19.8 Å². The van der Waals surface area contributed by atoms with E-state index in [2.05, 4.69) is 15.5 Å². The number of aromatic nitrogens is 2. The van der Waals surface area contributed by atoms with E-state index < -0.39 is 5.54 Å². The minimum Gasteiger partial charge on any atom is -0.368 e. The van der Waals surface area contributed by atoms with Crippen molar-refractivity contribution in [2.45, 2.75) is 35.7 Å². The Morgan fingerprint density at radius 3 is 3.06 bits per heavy atom. The van der Waals surface area contributed by atoms with Crippen molar-refractivity contribution in [3.05, 3.63) is 5.51 Å². The second-order valence-corrected chi connectivity index (χ2v) is 6.16. The molecule has 0 radical (unpaired) electrons. The zero-order valence-corrected chi connectivity index (χ0v) is 10.6. The van der Waals surface area contributed by atoms with Crippen LogP contribution in [0.15, 0.2) is 9.85 Å². The van der Waals surface area contributed by atoms with Gasteiger partial charge in [-0.3, -0.25) is 4.79 Å². The fraction of sp³-hybridized carbons (Fsp3) is 0.667. The summed E-state index contributed by atoms with van der Waals surface area (Å²) in [5.74, 6) is 0.282. The molecule has 3 N–H and O–H groups in total. The molecule has 1 fully saturated rings. The minimum atomic E-state index is -0.655. The van der Waals surface area contributed by atoms with Gasteiger partial charge >= 0.3 is 0 Å². The number of thioether (sulfide) groups is 1. The van der Waals surface area contributed by atoms with Crippen molar-refractivity contribution in [2.24, 2.45) is 5.73 Å². The molecule has 1 unspecified atom stereocenters. The number of nitrogens with zero attached hydrogens (tertiary/aromatic N) is 2. The number of nitrogens with one attached hydrogen (secondary N) is 1. The predicted molar refractivity (Wildman–Crippen MR) is 64.4 cm³/mol. The van der Waals surface area contributed by atoms with E-state index >= 15 is 0 Å². The van der Waals surface area contributed by atoms with E-state index in [0.29, 0.717) is 11.8 Å². The van der Waals surface area contributed by atoms with Gasteiger partial charge in [-0.1, -0.05) is 23.1 Å². The average molecular weight is 258 g/mol. The number of amides is 1. The Morgan fingerprint density at radius 1 is 1.81 bits per heavy atom. The molecule has 2 rings (SSSR count). The van der Waals surface area contributed by atoms with E-state index in [9.17, 15) is 4.79 Å². The van der Waals surface area contributed by atoms with Crippen LogP contribution in [0.4, 0.5) is 0 Å². The van der Waals surface area contributed by atoms with Crippen LogP contribution in [0.25, 0.3) is 0 Å². The van der Waals surface area contributed by atoms with E-state index in [1.165, 1.54) is 23.1 Å². The molecular formula is C9H14N4OS2. The molecule has 1 saturated carbocycles. The highest BCUT2D eigenvalue weighted by atomic mass is 32.2. The maximum Gasteiger partial charge on any atom is 0.238 e. The number of rotatable bonds is 6. The Balaban J connectivity index is 1.93. The van der Waals surface area contributed by atoms with Gasteiger partial charge in [0.1, 0.15) is 11.0 Å². The van der Waals surface area contributed by atoms with Crippen LogP contribution in [0.2, 0.25) is 0 Å². The van der Waals surface area contributed by atoms with Gasteiger partial charge in [0.25, 0.3) is 0 Å². The molecule has 1 heterocycles. The summed E-state index contributed by atoms with van der Waals surface area (Å²) in [6, 6.07) is 0.451. The van der Waals surface area contributed by atoms with E-state index in [1.54, 1.807) is 5.51 Å². The standard InChI is InChI=1S/C9H14N4OS2/c1-9(7(10)14,12-6-2-3-6)4-15-8-13-11-5-16-8/h5-6,12H,2-4H2,1H3,(H2,10,14). The van der Waals surface area contributed by atoms with Crippen LogP contribution in [-0.4, -0.2) is 33.4 Å². The van der Waals surface area contributed by atoms with Crippen molar-refractivity contribution in [3.8, 4) is 0 Å². The molecule has 1 aromatic heterocycles. The number of primary amides is 1. The number of carbonyl (C=O) groups excluding carboxylic acids is 1. The van der Waals surface area contributed by atoms with Crippen LogP contribution in [0.3, 0.4) is 0 Å². The molecule has 1 atom stereocenters. The first kappa shape index (κ1) is 11.8. The third-order valence-electron chi connectivity index (χ3n) is 2.47. The van der Waals surface area contributed by atoms with Gasteiger partial charge in [0.2, 0.25) is 5.91 Å². The monoisotopic (exact) mass is 258 g/mol. The smallest absolute Gasteiger partial charge is 0.238 e. The SMILES string of the molecule is CC(CSc1nncs1)(NC1CC1)C(N)=O. The molecule has 1 aliphatic rings. The number of carbonyl (C=O) groups is 1. The van der Waals surface area contributed by atoms with Crippen LogP contribution in [0, 0.1) is 0 Å². The van der Waals surface area contributed by atoms with Gasteiger partial charge in [-0.25, -0.2) is 0 Å². The molecule has 1 amide bonds. The van der Waals surface area contributed by atoms with Gasteiger partial charge < -0.3 is 11.1 Å². The van der Waals surface area contributed by atoms with Crippen molar-refractivity contribution in [1.82, 2.24) is 15.5 Å². The summed E-state index contributed by atoms with van der Waals surface area (Å²) in [6.45, 7) is 1.85. The van der Waals surface area contributed by atoms with Gasteiger partial charge in [0, 0.05) is 11.8 Å². The molecule has 0 spiro atoms. The van der Waals surface area contributed by atoms with Crippen molar-refractivity contribution < 1.29 is 4.79 Å². The van der Waals surface area contributed by atoms with Crippen molar-refractivity contribution in [1.29, 1.82) is 0 Å². The topological polar surface area (TPSA) is 80.9 Å². The highest BCUT2D eigenvalue weighted by Crippen LogP contribution is 2.27. The number of hydrogen-bond acceptors (Lipinski definition) is 6. The quantitative estimate of drug-likeness (QED) is 0.731. The number of hydrogen-bond donors (Lipinski definition) is 2. The Kier molecular flexibility index (Phi) is 3.46. The van der Waals surface area contributed by atoms with Gasteiger partial charge in [-0.15, -0.1) is 10.2 Å². The molecule has 5 nitrogen and oxygen atoms in total. The molecule has 0 aliphatic heterocycles. The Hall–Kier alpha value is -0.660. The zero-order valence-electron chi connectivity index (χ0n) is 8.97. The average Bonchev–Trinajstić information content (AvgIpc) is 2.89. The molecule has 0 aromatic carbocycles. The van der Waals surface area contributed by atoms with Crippen LogP contribution >= 0.6 is 23.1 Å². The lowest BCUT2D eigenvalue weighted by molar-refractivity contribution is -0.123. The Morgan fingerprint density at radius 2 is 2.56 bits per heavy atom. The first-order valence-electron chi connectivity index (χ1n) is 5.07. The normalized spacial score (nSPS) is 19.3. The third-order valence-corrected chi connectivity index (χ3v) is 4.64. The first-order valence-corrected chi connectivity index (χ1v) is 6.93. The highest BCUT2D eigenvalue weighted by Gasteiger charge is 2.37. The summed E-state index contributed by atoms with van der Waals surface area (Å²) in [5.41, 5.74) is 6.46. The maximum atomic E-state index is 11.5. The Bertz CT molecular complexity index is 366. The van der Waals surface area contributed by atoms with Crippen LogP contribution in [0.1, 0.15) is 19.8 Å². The highest BCUT2D eigenvalue weighted by molar-refractivity contribution is 8.01. The lowest BCUT2D eigenvalue weighted by atomic mass is 10.1. The molecule has 1 aromatic rings. The second-order valence-electron chi connectivity index (χ2n) is 4.11. The summed E-state index contributed by atoms with van der Waals surface area (Å²) >= 11 is 2.98. The summed E-state index contributed by atoms with van der Waals surface area (Å²) in [7, 11) is 0. The fourth-order valence-corrected chi connectivity index (χ4v) is 2.89. The summed E-state index contributed by atoms with van der Waals surface area (Å²) in [6.07, 6.45) is 2.26. The predicted octanol–water partition coefficient (Wildman–Crippen LogP) is 0.626. The van der Waals surface area contributed by atoms with Crippen molar-refractivity contribution in [2.75, 3.05) is 5.75 Å². The number of nitrogens with two attached hydrogens (primary N) is 1. The van der Waals surface area contributed by atoms with E-state index in [-0.39, 0.29) is 5.91 Å². The summed E-state index contributed by atoms with van der Waals surface area (Å²) in [5, 5.41) is 11.0. The van der Waals surface area contributed by atoms with Gasteiger partial charge in [0.05, 0.1) is 0 Å². The largest absolute Gasteiger partial charge is 0.368 e. The molecular weight excluding hydrogens is 244 g/mol. The molecule has 88 valence electrons. The molecule has 1 aliphatic carbocycles. The Labute approximate surface area is 102 Å². The summed E-state index contributed by atoms with van der Waals surface area (Å²) < 4.78 is 0.866.